The van der Waals surface area contributed by atoms with Crippen molar-refractivity contribution in [2.45, 2.75) is 38.3 Å². The molecule has 0 saturated carbocycles. The Hall–Kier alpha value is -0.970. The quantitative estimate of drug-likeness (QED) is 0.911. The zero-order chi connectivity index (χ0) is 14.2. The van der Waals surface area contributed by atoms with Crippen LogP contribution in [-0.4, -0.2) is 35.5 Å². The van der Waals surface area contributed by atoms with E-state index < -0.39 is 5.60 Å². The van der Waals surface area contributed by atoms with Crippen LogP contribution in [0.1, 0.15) is 31.7 Å². The van der Waals surface area contributed by atoms with E-state index in [1.54, 1.807) is 0 Å². The molecule has 0 bridgehead atoms. The number of nitrogens with zero attached hydrogens (tertiary/aromatic N) is 1. The Morgan fingerprint density at radius 3 is 3.00 bits per heavy atom. The highest BCUT2D eigenvalue weighted by molar-refractivity contribution is 6.32. The Bertz CT molecular complexity index is 504. The molecule has 0 spiro atoms. The zero-order valence-corrected chi connectivity index (χ0v) is 12.4. The second kappa shape index (κ2) is 5.43. The molecule has 0 amide bonds. The lowest BCUT2D eigenvalue weighted by Gasteiger charge is -2.22. The Labute approximate surface area is 124 Å². The van der Waals surface area contributed by atoms with Crippen LogP contribution in [0, 0.1) is 0 Å². The van der Waals surface area contributed by atoms with Crippen LogP contribution in [-0.2, 0) is 6.54 Å². The molecular weight excluding hydrogens is 278 g/mol. The fourth-order valence-corrected chi connectivity index (χ4v) is 3.14. The number of rotatable bonds is 2. The second-order valence-corrected chi connectivity index (χ2v) is 6.35. The SMILES string of the molecule is CC1(O)CCCN(Cc2cc(Cl)c3c(c2)OCO3)CC1. The molecule has 0 radical (unpaired) electrons. The minimum Gasteiger partial charge on any atom is -0.454 e. The van der Waals surface area contributed by atoms with Gasteiger partial charge in [0, 0.05) is 13.1 Å². The Kier molecular flexibility index (Phi) is 3.80. The van der Waals surface area contributed by atoms with Crippen molar-refractivity contribution in [1.82, 2.24) is 4.90 Å². The normalized spacial score (nSPS) is 26.6. The minimum atomic E-state index is -0.527. The van der Waals surface area contributed by atoms with Crippen molar-refractivity contribution in [3.63, 3.8) is 0 Å². The van der Waals surface area contributed by atoms with Gasteiger partial charge in [0.05, 0.1) is 10.6 Å². The van der Waals surface area contributed by atoms with Crippen LogP contribution < -0.4 is 9.47 Å². The van der Waals surface area contributed by atoms with Gasteiger partial charge in [-0.05, 0) is 50.4 Å². The lowest BCUT2D eigenvalue weighted by Crippen LogP contribution is -2.28. The van der Waals surface area contributed by atoms with E-state index >= 15 is 0 Å². The van der Waals surface area contributed by atoms with E-state index in [4.69, 9.17) is 21.1 Å². The van der Waals surface area contributed by atoms with Crippen LogP contribution in [0.25, 0.3) is 0 Å². The Balaban J connectivity index is 1.70. The monoisotopic (exact) mass is 297 g/mol. The first kappa shape index (κ1) is 14.0. The molecular formula is C15H20ClNO3. The number of hydrogen-bond donors (Lipinski definition) is 1. The van der Waals surface area contributed by atoms with E-state index in [1.165, 1.54) is 0 Å². The van der Waals surface area contributed by atoms with Gasteiger partial charge in [-0.1, -0.05) is 11.6 Å². The van der Waals surface area contributed by atoms with Gasteiger partial charge >= 0.3 is 0 Å². The summed E-state index contributed by atoms with van der Waals surface area (Å²) in [5.74, 6) is 1.38. The van der Waals surface area contributed by atoms with Gasteiger partial charge in [0.1, 0.15) is 0 Å². The molecule has 1 N–H and O–H groups in total. The maximum absolute atomic E-state index is 10.1. The molecule has 1 aromatic rings. The minimum absolute atomic E-state index is 0.241. The summed E-state index contributed by atoms with van der Waals surface area (Å²) >= 11 is 6.21. The van der Waals surface area contributed by atoms with Gasteiger partial charge in [-0.3, -0.25) is 4.90 Å². The maximum Gasteiger partial charge on any atom is 0.231 e. The van der Waals surface area contributed by atoms with Crippen molar-refractivity contribution in [3.8, 4) is 11.5 Å². The summed E-state index contributed by atoms with van der Waals surface area (Å²) in [6.45, 7) is 4.90. The van der Waals surface area contributed by atoms with Gasteiger partial charge in [-0.2, -0.15) is 0 Å². The summed E-state index contributed by atoms with van der Waals surface area (Å²) in [6.07, 6.45) is 2.70. The van der Waals surface area contributed by atoms with E-state index in [2.05, 4.69) is 4.90 Å². The molecule has 1 fully saturated rings. The molecule has 5 heteroatoms. The molecule has 1 unspecified atom stereocenters. The van der Waals surface area contributed by atoms with Crippen LogP contribution in [0.15, 0.2) is 12.1 Å². The smallest absolute Gasteiger partial charge is 0.231 e. The molecule has 1 aromatic carbocycles. The fraction of sp³-hybridized carbons (Fsp3) is 0.600. The standard InChI is InChI=1S/C15H20ClNO3/c1-15(18)3-2-5-17(6-4-15)9-11-7-12(16)14-13(8-11)19-10-20-14/h7-8,18H,2-6,9-10H2,1H3. The summed E-state index contributed by atoms with van der Waals surface area (Å²) in [6, 6.07) is 3.94. The molecule has 3 rings (SSSR count). The summed E-state index contributed by atoms with van der Waals surface area (Å²) in [5.41, 5.74) is 0.599. The highest BCUT2D eigenvalue weighted by Gasteiger charge is 2.25. The number of ether oxygens (including phenoxy) is 2. The largest absolute Gasteiger partial charge is 0.454 e. The third kappa shape index (κ3) is 3.03. The molecule has 20 heavy (non-hydrogen) atoms. The number of benzene rings is 1. The molecule has 2 aliphatic rings. The first-order valence-electron chi connectivity index (χ1n) is 7.06. The first-order valence-corrected chi connectivity index (χ1v) is 7.44. The molecule has 0 aliphatic carbocycles. The fourth-order valence-electron chi connectivity index (χ4n) is 2.85. The third-order valence-electron chi connectivity index (χ3n) is 4.05. The van der Waals surface area contributed by atoms with Crippen LogP contribution in [0.2, 0.25) is 5.02 Å². The van der Waals surface area contributed by atoms with E-state index in [0.717, 1.165) is 50.2 Å². The number of halogens is 1. The predicted molar refractivity (Wildman–Crippen MR) is 77.3 cm³/mol. The number of hydrogen-bond acceptors (Lipinski definition) is 4. The van der Waals surface area contributed by atoms with Crippen molar-refractivity contribution in [3.05, 3.63) is 22.7 Å². The van der Waals surface area contributed by atoms with Crippen LogP contribution in [0.4, 0.5) is 0 Å². The van der Waals surface area contributed by atoms with Gasteiger partial charge < -0.3 is 14.6 Å². The molecule has 2 heterocycles. The lowest BCUT2D eigenvalue weighted by atomic mass is 9.98. The average Bonchev–Trinajstić information content (AvgIpc) is 2.78. The maximum atomic E-state index is 10.1. The highest BCUT2D eigenvalue weighted by Crippen LogP contribution is 2.40. The molecule has 1 atom stereocenters. The van der Waals surface area contributed by atoms with Crippen LogP contribution in [0.3, 0.4) is 0 Å². The van der Waals surface area contributed by atoms with Crippen molar-refractivity contribution < 1.29 is 14.6 Å². The van der Waals surface area contributed by atoms with E-state index in [1.807, 2.05) is 19.1 Å². The number of aliphatic hydroxyl groups is 1. The summed E-state index contributed by atoms with van der Waals surface area (Å²) < 4.78 is 10.7. The van der Waals surface area contributed by atoms with Crippen molar-refractivity contribution in [2.24, 2.45) is 0 Å². The van der Waals surface area contributed by atoms with Gasteiger partial charge in [-0.25, -0.2) is 0 Å². The molecule has 2 aliphatic heterocycles. The van der Waals surface area contributed by atoms with E-state index in [9.17, 15) is 5.11 Å². The van der Waals surface area contributed by atoms with Gasteiger partial charge in [0.15, 0.2) is 11.5 Å². The summed E-state index contributed by atoms with van der Waals surface area (Å²) in [4.78, 5) is 2.36. The van der Waals surface area contributed by atoms with Crippen molar-refractivity contribution in [1.29, 1.82) is 0 Å². The average molecular weight is 298 g/mol. The molecule has 0 aromatic heterocycles. The van der Waals surface area contributed by atoms with Gasteiger partial charge in [-0.15, -0.1) is 0 Å². The summed E-state index contributed by atoms with van der Waals surface area (Å²) in [7, 11) is 0. The highest BCUT2D eigenvalue weighted by atomic mass is 35.5. The van der Waals surface area contributed by atoms with Crippen molar-refractivity contribution >= 4 is 11.6 Å². The molecule has 4 nitrogen and oxygen atoms in total. The van der Waals surface area contributed by atoms with Crippen LogP contribution >= 0.6 is 11.6 Å². The molecule has 110 valence electrons. The molecule has 1 saturated heterocycles. The third-order valence-corrected chi connectivity index (χ3v) is 4.33. The van der Waals surface area contributed by atoms with Crippen molar-refractivity contribution in [2.75, 3.05) is 19.9 Å². The second-order valence-electron chi connectivity index (χ2n) is 5.94. The van der Waals surface area contributed by atoms with Gasteiger partial charge in [0.25, 0.3) is 0 Å². The van der Waals surface area contributed by atoms with E-state index in [-0.39, 0.29) is 6.79 Å². The Morgan fingerprint density at radius 2 is 2.15 bits per heavy atom. The van der Waals surface area contributed by atoms with Crippen LogP contribution in [0.5, 0.6) is 11.5 Å². The number of fused-ring (bicyclic) bond motifs is 1. The first-order chi connectivity index (χ1) is 9.53. The number of likely N-dealkylation sites (tertiary alicyclic amines) is 1. The zero-order valence-electron chi connectivity index (χ0n) is 11.7. The topological polar surface area (TPSA) is 41.9 Å². The predicted octanol–water partition coefficient (Wildman–Crippen LogP) is 2.81. The lowest BCUT2D eigenvalue weighted by molar-refractivity contribution is 0.0444. The Morgan fingerprint density at radius 1 is 1.30 bits per heavy atom. The van der Waals surface area contributed by atoms with E-state index in [0.29, 0.717) is 10.8 Å². The van der Waals surface area contributed by atoms with Gasteiger partial charge in [0.2, 0.25) is 6.79 Å². The summed E-state index contributed by atoms with van der Waals surface area (Å²) in [5, 5.41) is 10.7.